The van der Waals surface area contributed by atoms with Crippen molar-refractivity contribution >= 4 is 11.8 Å². The van der Waals surface area contributed by atoms with Crippen molar-refractivity contribution in [1.82, 2.24) is 0 Å². The second-order valence-corrected chi connectivity index (χ2v) is 6.79. The highest BCUT2D eigenvalue weighted by molar-refractivity contribution is 7.99. The Labute approximate surface area is 120 Å². The molecule has 1 atom stereocenters. The minimum atomic E-state index is -0.430. The van der Waals surface area contributed by atoms with Crippen molar-refractivity contribution < 1.29 is 9.84 Å². The third-order valence-electron chi connectivity index (χ3n) is 3.43. The molecule has 19 heavy (non-hydrogen) atoms. The number of aliphatic hydroxyl groups is 1. The summed E-state index contributed by atoms with van der Waals surface area (Å²) < 4.78 is 5.77. The fourth-order valence-corrected chi connectivity index (χ4v) is 3.79. The zero-order valence-electron chi connectivity index (χ0n) is 11.8. The Kier molecular flexibility index (Phi) is 5.59. The molecule has 0 amide bonds. The first-order valence-corrected chi connectivity index (χ1v) is 8.27. The third-order valence-corrected chi connectivity index (χ3v) is 4.88. The molecule has 1 aromatic rings. The minimum absolute atomic E-state index is 0.135. The van der Waals surface area contributed by atoms with E-state index >= 15 is 0 Å². The van der Waals surface area contributed by atoms with Crippen LogP contribution in [0.4, 0.5) is 0 Å². The van der Waals surface area contributed by atoms with Crippen LogP contribution in [0.5, 0.6) is 5.75 Å². The van der Waals surface area contributed by atoms with Gasteiger partial charge in [0.25, 0.3) is 0 Å². The third kappa shape index (κ3) is 4.43. The van der Waals surface area contributed by atoms with Crippen LogP contribution in [0.2, 0.25) is 0 Å². The lowest BCUT2D eigenvalue weighted by molar-refractivity contribution is 0.186. The first kappa shape index (κ1) is 14.7. The van der Waals surface area contributed by atoms with Crippen molar-refractivity contribution in [1.29, 1.82) is 0 Å². The lowest BCUT2D eigenvalue weighted by Crippen LogP contribution is -2.11. The van der Waals surface area contributed by atoms with Crippen molar-refractivity contribution in [3.05, 3.63) is 29.8 Å². The lowest BCUT2D eigenvalue weighted by atomic mass is 10.1. The van der Waals surface area contributed by atoms with Gasteiger partial charge in [0.15, 0.2) is 0 Å². The lowest BCUT2D eigenvalue weighted by Gasteiger charge is -2.19. The van der Waals surface area contributed by atoms with Crippen LogP contribution in [0, 0.1) is 0 Å². The van der Waals surface area contributed by atoms with Gasteiger partial charge in [0.2, 0.25) is 0 Å². The normalized spacial score (nSPS) is 17.9. The smallest absolute Gasteiger partial charge is 0.125 e. The van der Waals surface area contributed by atoms with Crippen molar-refractivity contribution in [2.75, 3.05) is 5.75 Å². The molecular weight excluding hydrogens is 256 g/mol. The maximum Gasteiger partial charge on any atom is 0.125 e. The number of ether oxygens (including phenoxy) is 1. The Morgan fingerprint density at radius 2 is 1.95 bits per heavy atom. The van der Waals surface area contributed by atoms with Crippen molar-refractivity contribution in [3.63, 3.8) is 0 Å². The number of benzene rings is 1. The van der Waals surface area contributed by atoms with E-state index in [0.29, 0.717) is 0 Å². The maximum absolute atomic E-state index is 10.4. The van der Waals surface area contributed by atoms with E-state index in [0.717, 1.165) is 22.3 Å². The van der Waals surface area contributed by atoms with Crippen LogP contribution in [-0.4, -0.2) is 22.2 Å². The highest BCUT2D eigenvalue weighted by Gasteiger charge is 2.19. The highest BCUT2D eigenvalue weighted by Crippen LogP contribution is 2.34. The number of hydrogen-bond acceptors (Lipinski definition) is 3. The molecule has 0 radical (unpaired) electrons. The van der Waals surface area contributed by atoms with Gasteiger partial charge in [0.1, 0.15) is 5.75 Å². The molecule has 2 rings (SSSR count). The summed E-state index contributed by atoms with van der Waals surface area (Å²) in [6.45, 7) is 4.02. The van der Waals surface area contributed by atoms with Crippen molar-refractivity contribution in [2.24, 2.45) is 0 Å². The van der Waals surface area contributed by atoms with Gasteiger partial charge < -0.3 is 9.84 Å². The molecule has 0 heterocycles. The first-order chi connectivity index (χ1) is 9.16. The zero-order chi connectivity index (χ0) is 13.7. The van der Waals surface area contributed by atoms with Gasteiger partial charge in [-0.05, 0) is 32.8 Å². The Balaban J connectivity index is 1.95. The van der Waals surface area contributed by atoms with Crippen molar-refractivity contribution in [3.8, 4) is 5.75 Å². The van der Waals surface area contributed by atoms with Gasteiger partial charge in [0, 0.05) is 16.6 Å². The second kappa shape index (κ2) is 7.20. The average molecular weight is 280 g/mol. The summed E-state index contributed by atoms with van der Waals surface area (Å²) in [7, 11) is 0. The Hall–Kier alpha value is -0.670. The summed E-state index contributed by atoms with van der Waals surface area (Å²) in [5, 5.41) is 11.1. The molecule has 0 aromatic heterocycles. The van der Waals surface area contributed by atoms with E-state index in [9.17, 15) is 5.11 Å². The van der Waals surface area contributed by atoms with Crippen LogP contribution in [-0.2, 0) is 0 Å². The fraction of sp³-hybridized carbons (Fsp3) is 0.625. The molecule has 1 aromatic carbocycles. The SMILES string of the molecule is CC(C)Oc1ccccc1C(O)CSC1CCCC1. The van der Waals surface area contributed by atoms with Gasteiger partial charge in [-0.3, -0.25) is 0 Å². The first-order valence-electron chi connectivity index (χ1n) is 7.22. The van der Waals surface area contributed by atoms with E-state index in [4.69, 9.17) is 4.74 Å². The molecule has 1 aliphatic rings. The fourth-order valence-electron chi connectivity index (χ4n) is 2.49. The largest absolute Gasteiger partial charge is 0.491 e. The van der Waals surface area contributed by atoms with Gasteiger partial charge >= 0.3 is 0 Å². The van der Waals surface area contributed by atoms with Crippen LogP contribution >= 0.6 is 11.8 Å². The Morgan fingerprint density at radius 1 is 1.26 bits per heavy atom. The van der Waals surface area contributed by atoms with E-state index < -0.39 is 6.10 Å². The standard InChI is InChI=1S/C16H24O2S/c1-12(2)18-16-10-6-5-9-14(16)15(17)11-19-13-7-3-4-8-13/h5-6,9-10,12-13,15,17H,3-4,7-8,11H2,1-2H3. The second-order valence-electron chi connectivity index (χ2n) is 5.46. The molecule has 0 saturated heterocycles. The topological polar surface area (TPSA) is 29.5 Å². The highest BCUT2D eigenvalue weighted by atomic mass is 32.2. The quantitative estimate of drug-likeness (QED) is 0.847. The molecule has 1 N–H and O–H groups in total. The van der Waals surface area contributed by atoms with Crippen LogP contribution in [0.3, 0.4) is 0 Å². The predicted molar refractivity (Wildman–Crippen MR) is 81.9 cm³/mol. The maximum atomic E-state index is 10.4. The molecule has 1 saturated carbocycles. The Bertz CT molecular complexity index is 386. The number of hydrogen-bond donors (Lipinski definition) is 1. The predicted octanol–water partition coefficient (Wildman–Crippen LogP) is 4.18. The molecule has 3 heteroatoms. The van der Waals surface area contributed by atoms with Gasteiger partial charge in [-0.2, -0.15) is 11.8 Å². The van der Waals surface area contributed by atoms with Gasteiger partial charge in [0.05, 0.1) is 12.2 Å². The summed E-state index contributed by atoms with van der Waals surface area (Å²) in [4.78, 5) is 0. The molecule has 106 valence electrons. The minimum Gasteiger partial charge on any atom is -0.491 e. The van der Waals surface area contributed by atoms with Crippen molar-refractivity contribution in [2.45, 2.75) is 57.0 Å². The van der Waals surface area contributed by atoms with Crippen LogP contribution in [0.25, 0.3) is 0 Å². The monoisotopic (exact) mass is 280 g/mol. The summed E-state index contributed by atoms with van der Waals surface area (Å²) in [6.07, 6.45) is 5.02. The molecule has 0 spiro atoms. The molecule has 2 nitrogen and oxygen atoms in total. The number of thioether (sulfide) groups is 1. The number of aliphatic hydroxyl groups excluding tert-OH is 1. The van der Waals surface area contributed by atoms with E-state index in [1.54, 1.807) is 0 Å². The number of rotatable bonds is 6. The molecule has 1 fully saturated rings. The average Bonchev–Trinajstić information content (AvgIpc) is 2.89. The molecule has 0 aliphatic heterocycles. The summed E-state index contributed by atoms with van der Waals surface area (Å²) in [5.41, 5.74) is 0.918. The van der Waals surface area contributed by atoms with E-state index in [-0.39, 0.29) is 6.10 Å². The number of para-hydroxylation sites is 1. The summed E-state index contributed by atoms with van der Waals surface area (Å²) in [5.74, 6) is 1.58. The summed E-state index contributed by atoms with van der Waals surface area (Å²) in [6, 6.07) is 7.83. The van der Waals surface area contributed by atoms with E-state index in [1.807, 2.05) is 49.9 Å². The zero-order valence-corrected chi connectivity index (χ0v) is 12.7. The van der Waals surface area contributed by atoms with E-state index in [1.165, 1.54) is 25.7 Å². The van der Waals surface area contributed by atoms with Crippen LogP contribution < -0.4 is 4.74 Å². The van der Waals surface area contributed by atoms with Gasteiger partial charge in [-0.25, -0.2) is 0 Å². The van der Waals surface area contributed by atoms with Gasteiger partial charge in [-0.15, -0.1) is 0 Å². The molecular formula is C16H24O2S. The Morgan fingerprint density at radius 3 is 2.63 bits per heavy atom. The van der Waals surface area contributed by atoms with Crippen LogP contribution in [0.1, 0.15) is 51.2 Å². The van der Waals surface area contributed by atoms with Crippen LogP contribution in [0.15, 0.2) is 24.3 Å². The molecule has 1 aliphatic carbocycles. The van der Waals surface area contributed by atoms with Gasteiger partial charge in [-0.1, -0.05) is 31.0 Å². The molecule has 0 bridgehead atoms. The summed E-state index contributed by atoms with van der Waals surface area (Å²) >= 11 is 1.91. The molecule has 1 unspecified atom stereocenters. The van der Waals surface area contributed by atoms with E-state index in [2.05, 4.69) is 0 Å².